The minimum atomic E-state index is -0.0907. The van der Waals surface area contributed by atoms with Crippen LogP contribution in [0, 0.1) is 20.8 Å². The van der Waals surface area contributed by atoms with Crippen LogP contribution in [0.15, 0.2) is 40.9 Å². The quantitative estimate of drug-likeness (QED) is 0.571. The van der Waals surface area contributed by atoms with Gasteiger partial charge in [-0.05, 0) is 50.1 Å². The fourth-order valence-electron chi connectivity index (χ4n) is 2.85. The number of nitrogens with two attached hydrogens (primary N) is 1. The van der Waals surface area contributed by atoms with Gasteiger partial charge in [-0.2, -0.15) is 0 Å². The van der Waals surface area contributed by atoms with E-state index in [0.717, 1.165) is 39.1 Å². The summed E-state index contributed by atoms with van der Waals surface area (Å²) in [5.74, 6) is 7.66. The number of furan rings is 1. The molecular formula is C17H19N3O. The predicted molar refractivity (Wildman–Crippen MR) is 83.8 cm³/mol. The number of hydrogen-bond acceptors (Lipinski definition) is 4. The van der Waals surface area contributed by atoms with E-state index in [0.29, 0.717) is 0 Å². The fourth-order valence-corrected chi connectivity index (χ4v) is 2.85. The number of hydrogen-bond donors (Lipinski definition) is 2. The summed E-state index contributed by atoms with van der Waals surface area (Å²) in [5.41, 5.74) is 7.25. The Balaban J connectivity index is 2.13. The van der Waals surface area contributed by atoms with Crippen LogP contribution in [0.2, 0.25) is 0 Å². The van der Waals surface area contributed by atoms with Crippen molar-refractivity contribution >= 4 is 10.9 Å². The predicted octanol–water partition coefficient (Wildman–Crippen LogP) is 3.31. The van der Waals surface area contributed by atoms with Crippen molar-refractivity contribution in [3.63, 3.8) is 0 Å². The molecule has 1 aromatic carbocycles. The normalized spacial score (nSPS) is 12.8. The second kappa shape index (κ2) is 5.31. The van der Waals surface area contributed by atoms with Crippen molar-refractivity contribution in [2.24, 2.45) is 5.84 Å². The molecule has 3 aromatic rings. The first-order valence-corrected chi connectivity index (χ1v) is 6.99. The Morgan fingerprint density at radius 1 is 1.14 bits per heavy atom. The fraction of sp³-hybridized carbons (Fsp3) is 0.235. The molecule has 0 aliphatic rings. The summed E-state index contributed by atoms with van der Waals surface area (Å²) in [6.45, 7) is 6.01. The third kappa shape index (κ3) is 2.33. The van der Waals surface area contributed by atoms with Crippen LogP contribution < -0.4 is 11.3 Å². The second-order valence-electron chi connectivity index (χ2n) is 5.31. The average molecular weight is 281 g/mol. The van der Waals surface area contributed by atoms with Crippen LogP contribution in [0.25, 0.3) is 10.9 Å². The van der Waals surface area contributed by atoms with E-state index in [9.17, 15) is 0 Å². The zero-order chi connectivity index (χ0) is 15.0. The Morgan fingerprint density at radius 3 is 2.62 bits per heavy atom. The van der Waals surface area contributed by atoms with E-state index in [-0.39, 0.29) is 6.04 Å². The number of nitrogens with one attached hydrogen (secondary N) is 1. The van der Waals surface area contributed by atoms with E-state index in [1.54, 1.807) is 6.20 Å². The van der Waals surface area contributed by atoms with Gasteiger partial charge in [0.1, 0.15) is 11.5 Å². The van der Waals surface area contributed by atoms with Gasteiger partial charge in [-0.15, -0.1) is 0 Å². The first kappa shape index (κ1) is 13.8. The van der Waals surface area contributed by atoms with E-state index in [2.05, 4.69) is 35.5 Å². The first-order chi connectivity index (χ1) is 10.1. The minimum absolute atomic E-state index is 0.0907. The van der Waals surface area contributed by atoms with Gasteiger partial charge in [0.25, 0.3) is 0 Å². The first-order valence-electron chi connectivity index (χ1n) is 6.99. The van der Waals surface area contributed by atoms with Crippen molar-refractivity contribution in [1.29, 1.82) is 0 Å². The van der Waals surface area contributed by atoms with Gasteiger partial charge in [-0.3, -0.25) is 10.8 Å². The molecule has 1 atom stereocenters. The Hall–Kier alpha value is -2.17. The number of benzene rings is 1. The molecule has 4 nitrogen and oxygen atoms in total. The van der Waals surface area contributed by atoms with Crippen molar-refractivity contribution in [3.8, 4) is 0 Å². The van der Waals surface area contributed by atoms with Crippen LogP contribution in [-0.4, -0.2) is 4.98 Å². The summed E-state index contributed by atoms with van der Waals surface area (Å²) in [4.78, 5) is 4.35. The maximum atomic E-state index is 5.82. The molecule has 0 saturated carbocycles. The Kier molecular flexibility index (Phi) is 3.49. The highest BCUT2D eigenvalue weighted by Crippen LogP contribution is 2.32. The molecule has 0 amide bonds. The lowest BCUT2D eigenvalue weighted by atomic mass is 9.95. The lowest BCUT2D eigenvalue weighted by Crippen LogP contribution is -2.29. The summed E-state index contributed by atoms with van der Waals surface area (Å²) >= 11 is 0. The summed E-state index contributed by atoms with van der Waals surface area (Å²) in [7, 11) is 0. The van der Waals surface area contributed by atoms with Crippen molar-refractivity contribution in [1.82, 2.24) is 10.4 Å². The highest BCUT2D eigenvalue weighted by molar-refractivity contribution is 5.79. The van der Waals surface area contributed by atoms with Crippen LogP contribution in [0.3, 0.4) is 0 Å². The number of nitrogens with zero attached hydrogens (tertiary/aromatic N) is 1. The van der Waals surface area contributed by atoms with E-state index >= 15 is 0 Å². The molecule has 3 N–H and O–H groups in total. The van der Waals surface area contributed by atoms with Crippen molar-refractivity contribution in [2.75, 3.05) is 0 Å². The maximum absolute atomic E-state index is 5.82. The van der Waals surface area contributed by atoms with E-state index in [4.69, 9.17) is 10.3 Å². The van der Waals surface area contributed by atoms with Gasteiger partial charge in [0.15, 0.2) is 0 Å². The highest BCUT2D eigenvalue weighted by atomic mass is 16.3. The maximum Gasteiger partial charge on any atom is 0.106 e. The smallest absolute Gasteiger partial charge is 0.106 e. The van der Waals surface area contributed by atoms with Crippen LogP contribution in [0.5, 0.6) is 0 Å². The molecule has 4 heteroatoms. The average Bonchev–Trinajstić information content (AvgIpc) is 2.74. The Morgan fingerprint density at radius 2 is 1.95 bits per heavy atom. The van der Waals surface area contributed by atoms with E-state index in [1.165, 1.54) is 0 Å². The molecule has 1 unspecified atom stereocenters. The van der Waals surface area contributed by atoms with Crippen LogP contribution in [0.1, 0.15) is 34.3 Å². The molecule has 2 aromatic heterocycles. The lowest BCUT2D eigenvalue weighted by Gasteiger charge is -2.17. The summed E-state index contributed by atoms with van der Waals surface area (Å²) < 4.78 is 5.73. The van der Waals surface area contributed by atoms with Gasteiger partial charge in [0.05, 0.1) is 11.6 Å². The molecular weight excluding hydrogens is 262 g/mol. The van der Waals surface area contributed by atoms with Gasteiger partial charge < -0.3 is 4.42 Å². The zero-order valence-electron chi connectivity index (χ0n) is 12.5. The minimum Gasteiger partial charge on any atom is -0.466 e. The number of fused-ring (bicyclic) bond motifs is 1. The van der Waals surface area contributed by atoms with Gasteiger partial charge >= 0.3 is 0 Å². The summed E-state index contributed by atoms with van der Waals surface area (Å²) in [6, 6.07) is 10.1. The SMILES string of the molecule is Cc1oc(C)c(C(NN)c2ccc3ncccc3c2)c1C. The van der Waals surface area contributed by atoms with Gasteiger partial charge in [-0.25, -0.2) is 5.43 Å². The number of rotatable bonds is 3. The zero-order valence-corrected chi connectivity index (χ0v) is 12.5. The van der Waals surface area contributed by atoms with Gasteiger partial charge in [0, 0.05) is 17.1 Å². The topological polar surface area (TPSA) is 64.1 Å². The molecule has 0 bridgehead atoms. The molecule has 2 heterocycles. The second-order valence-corrected chi connectivity index (χ2v) is 5.31. The standard InChI is InChI=1S/C17H19N3O/c1-10-11(2)21-12(3)16(10)17(20-18)14-6-7-15-13(9-14)5-4-8-19-15/h4-9,17,20H,18H2,1-3H3. The molecule has 0 aliphatic heterocycles. The van der Waals surface area contributed by atoms with E-state index in [1.807, 2.05) is 26.0 Å². The molecule has 0 aliphatic carbocycles. The monoisotopic (exact) mass is 281 g/mol. The lowest BCUT2D eigenvalue weighted by molar-refractivity contribution is 0.494. The third-order valence-corrected chi connectivity index (χ3v) is 4.03. The van der Waals surface area contributed by atoms with Crippen LogP contribution in [0.4, 0.5) is 0 Å². The van der Waals surface area contributed by atoms with Crippen molar-refractivity contribution in [2.45, 2.75) is 26.8 Å². The molecule has 0 saturated heterocycles. The Labute approximate surface area is 124 Å². The van der Waals surface area contributed by atoms with Crippen molar-refractivity contribution in [3.05, 3.63) is 64.7 Å². The van der Waals surface area contributed by atoms with Gasteiger partial charge in [-0.1, -0.05) is 12.1 Å². The highest BCUT2D eigenvalue weighted by Gasteiger charge is 2.21. The van der Waals surface area contributed by atoms with Crippen LogP contribution >= 0.6 is 0 Å². The van der Waals surface area contributed by atoms with Crippen molar-refractivity contribution < 1.29 is 4.42 Å². The molecule has 0 radical (unpaired) electrons. The van der Waals surface area contributed by atoms with E-state index < -0.39 is 0 Å². The van der Waals surface area contributed by atoms with Crippen LogP contribution in [-0.2, 0) is 0 Å². The number of pyridine rings is 1. The molecule has 0 fully saturated rings. The summed E-state index contributed by atoms with van der Waals surface area (Å²) in [5, 5.41) is 1.10. The Bertz CT molecular complexity index is 792. The molecule has 3 rings (SSSR count). The number of hydrazine groups is 1. The molecule has 21 heavy (non-hydrogen) atoms. The van der Waals surface area contributed by atoms with Gasteiger partial charge in [0.2, 0.25) is 0 Å². The largest absolute Gasteiger partial charge is 0.466 e. The number of aromatic nitrogens is 1. The number of aryl methyl sites for hydroxylation is 2. The molecule has 108 valence electrons. The molecule has 0 spiro atoms. The summed E-state index contributed by atoms with van der Waals surface area (Å²) in [6.07, 6.45) is 1.80. The third-order valence-electron chi connectivity index (χ3n) is 4.03.